The normalized spacial score (nSPS) is 10.8. The fourth-order valence-corrected chi connectivity index (χ4v) is 3.46. The molecule has 1 nitrogen and oxygen atoms in total. The third kappa shape index (κ3) is 3.51. The molecule has 0 aliphatic carbocycles. The first-order valence-corrected chi connectivity index (χ1v) is 8.31. The molecule has 0 spiro atoms. The van der Waals surface area contributed by atoms with E-state index in [4.69, 9.17) is 11.6 Å². The van der Waals surface area contributed by atoms with Crippen molar-refractivity contribution in [3.05, 3.63) is 73.7 Å². The van der Waals surface area contributed by atoms with Gasteiger partial charge in [-0.3, -0.25) is 0 Å². The molecule has 0 aliphatic heterocycles. The van der Waals surface area contributed by atoms with Crippen LogP contribution in [0.1, 0.15) is 10.6 Å². The van der Waals surface area contributed by atoms with Gasteiger partial charge < -0.3 is 0 Å². The molecule has 0 N–H and O–H groups in total. The highest BCUT2D eigenvalue weighted by Gasteiger charge is 2.08. The molecule has 21 heavy (non-hydrogen) atoms. The number of hydrogen-bond acceptors (Lipinski definition) is 2. The van der Waals surface area contributed by atoms with Crippen molar-refractivity contribution in [1.82, 2.24) is 4.98 Å². The van der Waals surface area contributed by atoms with Crippen molar-refractivity contribution in [1.29, 1.82) is 0 Å². The van der Waals surface area contributed by atoms with Crippen molar-refractivity contribution in [2.24, 2.45) is 0 Å². The Labute approximate surface area is 139 Å². The Balaban J connectivity index is 1.85. The predicted molar refractivity (Wildman–Crippen MR) is 89.5 cm³/mol. The molecule has 0 unspecified atom stereocenters. The summed E-state index contributed by atoms with van der Waals surface area (Å²) < 4.78 is 14.1. The summed E-state index contributed by atoms with van der Waals surface area (Å²) in [6.45, 7) is 0. The molecule has 0 saturated carbocycles. The summed E-state index contributed by atoms with van der Waals surface area (Å²) in [5.41, 5.74) is 2.89. The quantitative estimate of drug-likeness (QED) is 0.545. The number of halogens is 3. The summed E-state index contributed by atoms with van der Waals surface area (Å²) in [5.74, 6) is -0.322. The fraction of sp³-hybridized carbons (Fsp3) is 0.0625. The largest absolute Gasteiger partial charge is 0.241 e. The van der Waals surface area contributed by atoms with E-state index in [1.165, 1.54) is 12.1 Å². The molecule has 0 bridgehead atoms. The second kappa shape index (κ2) is 6.26. The van der Waals surface area contributed by atoms with Crippen molar-refractivity contribution in [3.8, 4) is 11.3 Å². The number of benzene rings is 2. The monoisotopic (exact) mass is 381 g/mol. The van der Waals surface area contributed by atoms with Gasteiger partial charge in [-0.2, -0.15) is 0 Å². The zero-order valence-corrected chi connectivity index (χ0v) is 14.0. The lowest BCUT2D eigenvalue weighted by atomic mass is 10.1. The molecule has 0 saturated heterocycles. The van der Waals surface area contributed by atoms with Gasteiger partial charge in [0.05, 0.1) is 10.7 Å². The average Bonchev–Trinajstić information content (AvgIpc) is 2.91. The van der Waals surface area contributed by atoms with Gasteiger partial charge in [-0.25, -0.2) is 9.37 Å². The molecular formula is C16H10BrClFNS. The van der Waals surface area contributed by atoms with Crippen LogP contribution in [0.5, 0.6) is 0 Å². The van der Waals surface area contributed by atoms with E-state index in [0.29, 0.717) is 11.4 Å². The zero-order valence-electron chi connectivity index (χ0n) is 10.8. The van der Waals surface area contributed by atoms with Crippen LogP contribution in [0, 0.1) is 5.82 Å². The van der Waals surface area contributed by atoms with Gasteiger partial charge in [0.15, 0.2) is 0 Å². The molecule has 1 aromatic heterocycles. The molecule has 3 rings (SSSR count). The second-order valence-corrected chi connectivity index (χ2v) is 6.81. The lowest BCUT2D eigenvalue weighted by Crippen LogP contribution is -1.90. The summed E-state index contributed by atoms with van der Waals surface area (Å²) in [7, 11) is 0. The number of thiazole rings is 1. The number of rotatable bonds is 3. The predicted octanol–water partition coefficient (Wildman–Crippen LogP) is 5.96. The van der Waals surface area contributed by atoms with Gasteiger partial charge in [0.1, 0.15) is 5.82 Å². The molecule has 5 heteroatoms. The van der Waals surface area contributed by atoms with E-state index in [-0.39, 0.29) is 5.82 Å². The molecule has 0 radical (unpaired) electrons. The minimum Gasteiger partial charge on any atom is -0.241 e. The Morgan fingerprint density at radius 3 is 2.81 bits per heavy atom. The Morgan fingerprint density at radius 1 is 1.19 bits per heavy atom. The fourth-order valence-electron chi connectivity index (χ4n) is 2.00. The van der Waals surface area contributed by atoms with Crippen molar-refractivity contribution in [2.75, 3.05) is 0 Å². The summed E-state index contributed by atoms with van der Waals surface area (Å²) in [4.78, 5) is 4.63. The third-order valence-electron chi connectivity index (χ3n) is 3.03. The molecular weight excluding hydrogens is 373 g/mol. The van der Waals surface area contributed by atoms with Gasteiger partial charge in [-0.15, -0.1) is 11.3 Å². The standard InChI is InChI=1S/C16H10BrClFNS/c17-12-3-1-2-11(6-12)15-9-21-16(20-15)7-10-4-5-13(19)8-14(10)18/h1-6,8-9H,7H2. The Hall–Kier alpha value is -1.23. The van der Waals surface area contributed by atoms with Crippen molar-refractivity contribution >= 4 is 38.9 Å². The molecule has 1 heterocycles. The highest BCUT2D eigenvalue weighted by atomic mass is 79.9. The van der Waals surface area contributed by atoms with Crippen LogP contribution in [0.15, 0.2) is 52.3 Å². The summed E-state index contributed by atoms with van der Waals surface area (Å²) >= 11 is 11.1. The van der Waals surface area contributed by atoms with E-state index in [9.17, 15) is 4.39 Å². The van der Waals surface area contributed by atoms with Crippen LogP contribution in [0.4, 0.5) is 4.39 Å². The maximum absolute atomic E-state index is 13.0. The van der Waals surface area contributed by atoms with E-state index in [1.54, 1.807) is 17.4 Å². The first kappa shape index (κ1) is 14.7. The Bertz CT molecular complexity index is 787. The van der Waals surface area contributed by atoms with Crippen LogP contribution in [0.25, 0.3) is 11.3 Å². The molecule has 0 amide bonds. The maximum atomic E-state index is 13.0. The van der Waals surface area contributed by atoms with Crippen molar-refractivity contribution < 1.29 is 4.39 Å². The maximum Gasteiger partial charge on any atom is 0.124 e. The molecule has 3 aromatic rings. The Kier molecular flexibility index (Phi) is 4.38. The van der Waals surface area contributed by atoms with Crippen molar-refractivity contribution in [3.63, 3.8) is 0 Å². The van der Waals surface area contributed by atoms with E-state index in [2.05, 4.69) is 20.9 Å². The third-order valence-corrected chi connectivity index (χ3v) is 4.72. The van der Waals surface area contributed by atoms with Gasteiger partial charge in [0, 0.05) is 26.9 Å². The number of nitrogens with zero attached hydrogens (tertiary/aromatic N) is 1. The summed E-state index contributed by atoms with van der Waals surface area (Å²) in [5, 5.41) is 3.42. The Morgan fingerprint density at radius 2 is 2.05 bits per heavy atom. The molecule has 106 valence electrons. The van der Waals surface area contributed by atoms with E-state index >= 15 is 0 Å². The van der Waals surface area contributed by atoms with E-state index < -0.39 is 0 Å². The van der Waals surface area contributed by atoms with Gasteiger partial charge in [-0.05, 0) is 29.8 Å². The van der Waals surface area contributed by atoms with Crippen LogP contribution in [0.3, 0.4) is 0 Å². The molecule has 0 atom stereocenters. The first-order valence-electron chi connectivity index (χ1n) is 6.26. The smallest absolute Gasteiger partial charge is 0.124 e. The lowest BCUT2D eigenvalue weighted by Gasteiger charge is -2.01. The lowest BCUT2D eigenvalue weighted by molar-refractivity contribution is 0.627. The van der Waals surface area contributed by atoms with Gasteiger partial charge in [0.25, 0.3) is 0 Å². The zero-order chi connectivity index (χ0) is 14.8. The second-order valence-electron chi connectivity index (χ2n) is 4.55. The first-order chi connectivity index (χ1) is 10.1. The minimum atomic E-state index is -0.322. The number of aromatic nitrogens is 1. The number of hydrogen-bond donors (Lipinski definition) is 0. The van der Waals surface area contributed by atoms with Gasteiger partial charge in [0.2, 0.25) is 0 Å². The van der Waals surface area contributed by atoms with Gasteiger partial charge >= 0.3 is 0 Å². The molecule has 0 aliphatic rings. The van der Waals surface area contributed by atoms with Crippen LogP contribution in [-0.4, -0.2) is 4.98 Å². The molecule has 2 aromatic carbocycles. The van der Waals surface area contributed by atoms with E-state index in [0.717, 1.165) is 26.3 Å². The van der Waals surface area contributed by atoms with Crippen LogP contribution in [-0.2, 0) is 6.42 Å². The van der Waals surface area contributed by atoms with E-state index in [1.807, 2.05) is 29.6 Å². The van der Waals surface area contributed by atoms with Crippen molar-refractivity contribution in [2.45, 2.75) is 6.42 Å². The highest BCUT2D eigenvalue weighted by Crippen LogP contribution is 2.27. The summed E-state index contributed by atoms with van der Waals surface area (Å²) in [6, 6.07) is 12.5. The average molecular weight is 383 g/mol. The minimum absolute atomic E-state index is 0.322. The summed E-state index contributed by atoms with van der Waals surface area (Å²) in [6.07, 6.45) is 0.609. The van der Waals surface area contributed by atoms with Crippen LogP contribution >= 0.6 is 38.9 Å². The SMILES string of the molecule is Fc1ccc(Cc2nc(-c3cccc(Br)c3)cs2)c(Cl)c1. The topological polar surface area (TPSA) is 12.9 Å². The highest BCUT2D eigenvalue weighted by molar-refractivity contribution is 9.10. The molecule has 0 fully saturated rings. The van der Waals surface area contributed by atoms with Gasteiger partial charge in [-0.1, -0.05) is 45.7 Å². The van der Waals surface area contributed by atoms with Crippen LogP contribution < -0.4 is 0 Å². The van der Waals surface area contributed by atoms with Crippen LogP contribution in [0.2, 0.25) is 5.02 Å².